The van der Waals surface area contributed by atoms with Crippen LogP contribution in [0.15, 0.2) is 59.4 Å². The molecule has 0 saturated carbocycles. The van der Waals surface area contributed by atoms with Crippen molar-refractivity contribution in [3.63, 3.8) is 0 Å². The molecule has 26 heavy (non-hydrogen) atoms. The van der Waals surface area contributed by atoms with Crippen molar-refractivity contribution in [1.29, 1.82) is 0 Å². The molecule has 6 nitrogen and oxygen atoms in total. The molecule has 3 rings (SSSR count). The predicted molar refractivity (Wildman–Crippen MR) is 108 cm³/mol. The van der Waals surface area contributed by atoms with Crippen LogP contribution in [0.25, 0.3) is 0 Å². The van der Waals surface area contributed by atoms with E-state index < -0.39 is 9.84 Å². The Hall–Kier alpha value is -1.84. The van der Waals surface area contributed by atoms with E-state index in [1.54, 1.807) is 0 Å². The SMILES string of the molecule is CS(=O)(=O)CCc1csc(NC2=C(Oc3ccccc3)C=CCN2Br)n1. The van der Waals surface area contributed by atoms with Crippen molar-refractivity contribution in [2.24, 2.45) is 0 Å². The third kappa shape index (κ3) is 5.33. The first-order chi connectivity index (χ1) is 12.4. The van der Waals surface area contributed by atoms with Crippen molar-refractivity contribution in [1.82, 2.24) is 8.91 Å². The second kappa shape index (κ2) is 8.24. The van der Waals surface area contributed by atoms with E-state index >= 15 is 0 Å². The zero-order valence-corrected chi connectivity index (χ0v) is 17.3. The van der Waals surface area contributed by atoms with Crippen LogP contribution in [0.4, 0.5) is 5.13 Å². The van der Waals surface area contributed by atoms with Gasteiger partial charge in [0.1, 0.15) is 15.6 Å². The van der Waals surface area contributed by atoms with Gasteiger partial charge in [-0.1, -0.05) is 24.3 Å². The molecule has 0 unspecified atom stereocenters. The van der Waals surface area contributed by atoms with Crippen LogP contribution in [-0.2, 0) is 16.3 Å². The highest BCUT2D eigenvalue weighted by Gasteiger charge is 2.18. The van der Waals surface area contributed by atoms with Crippen LogP contribution >= 0.6 is 27.5 Å². The molecule has 1 aromatic carbocycles. The molecule has 0 atom stereocenters. The average Bonchev–Trinajstić information content (AvgIpc) is 3.04. The summed E-state index contributed by atoms with van der Waals surface area (Å²) >= 11 is 4.93. The molecule has 1 N–H and O–H groups in total. The van der Waals surface area contributed by atoms with Crippen LogP contribution in [0, 0.1) is 0 Å². The van der Waals surface area contributed by atoms with E-state index in [-0.39, 0.29) is 5.75 Å². The van der Waals surface area contributed by atoms with Crippen LogP contribution in [0.1, 0.15) is 5.69 Å². The normalized spacial score (nSPS) is 14.6. The number of nitrogens with zero attached hydrogens (tertiary/aromatic N) is 2. The zero-order chi connectivity index (χ0) is 18.6. The molecule has 0 amide bonds. The van der Waals surface area contributed by atoms with Gasteiger partial charge in [-0.3, -0.25) is 3.93 Å². The topological polar surface area (TPSA) is 71.5 Å². The number of nitrogens with one attached hydrogen (secondary N) is 1. The molecule has 0 saturated heterocycles. The number of benzene rings is 1. The fraction of sp³-hybridized carbons (Fsp3) is 0.235. The lowest BCUT2D eigenvalue weighted by Crippen LogP contribution is -2.24. The summed E-state index contributed by atoms with van der Waals surface area (Å²) in [6.45, 7) is 0.677. The van der Waals surface area contributed by atoms with Crippen LogP contribution < -0.4 is 10.1 Å². The molecular formula is C17H18BrN3O3S2. The van der Waals surface area contributed by atoms with Crippen molar-refractivity contribution in [2.45, 2.75) is 6.42 Å². The molecule has 138 valence electrons. The standard InChI is InChI=1S/C17H18BrN3O3S2/c1-26(22,23)11-9-13-12-25-17(19-13)20-16-15(8-5-10-21(16)18)24-14-6-3-2-4-7-14/h2-8,12H,9-11H2,1H3,(H,19,20). The number of halogens is 1. The molecule has 0 spiro atoms. The lowest BCUT2D eigenvalue weighted by molar-refractivity contribution is 0.416. The second-order valence-electron chi connectivity index (χ2n) is 5.72. The first-order valence-electron chi connectivity index (χ1n) is 7.87. The summed E-state index contributed by atoms with van der Waals surface area (Å²) in [5.41, 5.74) is 0.751. The Kier molecular flexibility index (Phi) is 6.00. The Morgan fingerprint density at radius 3 is 2.85 bits per heavy atom. The van der Waals surface area contributed by atoms with Crippen LogP contribution in [0.3, 0.4) is 0 Å². The summed E-state index contributed by atoms with van der Waals surface area (Å²) in [6.07, 6.45) is 5.53. The molecule has 0 bridgehead atoms. The quantitative estimate of drug-likeness (QED) is 0.643. The van der Waals surface area contributed by atoms with Gasteiger partial charge in [-0.2, -0.15) is 0 Å². The van der Waals surface area contributed by atoms with Gasteiger partial charge in [0, 0.05) is 24.6 Å². The van der Waals surface area contributed by atoms with Crippen molar-refractivity contribution in [2.75, 3.05) is 23.9 Å². The predicted octanol–water partition coefficient (Wildman–Crippen LogP) is 3.57. The van der Waals surface area contributed by atoms with Gasteiger partial charge >= 0.3 is 0 Å². The maximum atomic E-state index is 11.3. The average molecular weight is 456 g/mol. The first kappa shape index (κ1) is 18.9. The highest BCUT2D eigenvalue weighted by Crippen LogP contribution is 2.27. The van der Waals surface area contributed by atoms with E-state index in [0.29, 0.717) is 23.9 Å². The molecule has 1 aliphatic rings. The minimum Gasteiger partial charge on any atom is -0.454 e. The molecule has 0 fully saturated rings. The van der Waals surface area contributed by atoms with E-state index in [0.717, 1.165) is 17.3 Å². The Labute approximate surface area is 165 Å². The summed E-state index contributed by atoms with van der Waals surface area (Å²) in [5.74, 6) is 2.23. The summed E-state index contributed by atoms with van der Waals surface area (Å²) < 4.78 is 30.4. The van der Waals surface area contributed by atoms with Gasteiger partial charge in [0.05, 0.1) is 27.6 Å². The highest BCUT2D eigenvalue weighted by molar-refractivity contribution is 9.07. The number of rotatable bonds is 7. The molecular weight excluding hydrogens is 438 g/mol. The highest BCUT2D eigenvalue weighted by atomic mass is 79.9. The monoisotopic (exact) mass is 455 g/mol. The summed E-state index contributed by atoms with van der Waals surface area (Å²) in [6, 6.07) is 9.53. The number of ether oxygens (including phenoxy) is 1. The molecule has 1 aromatic heterocycles. The van der Waals surface area contributed by atoms with Crippen molar-refractivity contribution in [3.8, 4) is 5.75 Å². The lowest BCUT2D eigenvalue weighted by atomic mass is 10.3. The minimum absolute atomic E-state index is 0.0918. The zero-order valence-electron chi connectivity index (χ0n) is 14.1. The van der Waals surface area contributed by atoms with Gasteiger partial charge in [0.25, 0.3) is 0 Å². The summed E-state index contributed by atoms with van der Waals surface area (Å²) in [5, 5.41) is 5.80. The second-order valence-corrected chi connectivity index (χ2v) is 9.70. The van der Waals surface area contributed by atoms with E-state index in [9.17, 15) is 8.42 Å². The lowest BCUT2D eigenvalue weighted by Gasteiger charge is -2.24. The first-order valence-corrected chi connectivity index (χ1v) is 11.5. The van der Waals surface area contributed by atoms with Gasteiger partial charge in [0.15, 0.2) is 16.7 Å². The number of sulfone groups is 1. The Morgan fingerprint density at radius 2 is 2.12 bits per heavy atom. The number of para-hydroxylation sites is 1. The number of thiazole rings is 1. The van der Waals surface area contributed by atoms with Gasteiger partial charge in [-0.15, -0.1) is 11.3 Å². The number of aryl methyl sites for hydroxylation is 1. The summed E-state index contributed by atoms with van der Waals surface area (Å²) in [4.78, 5) is 4.46. The number of anilines is 1. The maximum Gasteiger partial charge on any atom is 0.188 e. The third-order valence-corrected chi connectivity index (χ3v) is 5.88. The number of aromatic nitrogens is 1. The fourth-order valence-electron chi connectivity index (χ4n) is 2.23. The molecule has 9 heteroatoms. The van der Waals surface area contributed by atoms with Crippen molar-refractivity contribution >= 4 is 42.5 Å². The molecule has 0 aliphatic carbocycles. The van der Waals surface area contributed by atoms with Gasteiger partial charge in [-0.05, 0) is 18.2 Å². The molecule has 0 radical (unpaired) electrons. The number of allylic oxidation sites excluding steroid dienone is 1. The fourth-order valence-corrected chi connectivity index (χ4v) is 3.99. The van der Waals surface area contributed by atoms with Crippen molar-refractivity contribution < 1.29 is 13.2 Å². The van der Waals surface area contributed by atoms with Crippen LogP contribution in [0.2, 0.25) is 0 Å². The third-order valence-electron chi connectivity index (χ3n) is 3.49. The van der Waals surface area contributed by atoms with Crippen LogP contribution in [0.5, 0.6) is 5.75 Å². The minimum atomic E-state index is -3.00. The number of hydrogen-bond donors (Lipinski definition) is 1. The largest absolute Gasteiger partial charge is 0.454 e. The Bertz CT molecular complexity index is 924. The molecule has 1 aliphatic heterocycles. The van der Waals surface area contributed by atoms with Crippen LogP contribution in [-0.4, -0.2) is 35.9 Å². The van der Waals surface area contributed by atoms with Gasteiger partial charge in [-0.25, -0.2) is 13.4 Å². The Morgan fingerprint density at radius 1 is 1.35 bits per heavy atom. The van der Waals surface area contributed by atoms with Gasteiger partial charge < -0.3 is 10.1 Å². The molecule has 2 heterocycles. The van der Waals surface area contributed by atoms with E-state index in [4.69, 9.17) is 4.74 Å². The summed E-state index contributed by atoms with van der Waals surface area (Å²) in [7, 11) is -3.00. The molecule has 2 aromatic rings. The van der Waals surface area contributed by atoms with Gasteiger partial charge in [0.2, 0.25) is 0 Å². The number of hydrogen-bond acceptors (Lipinski definition) is 7. The van der Waals surface area contributed by atoms with Crippen molar-refractivity contribution in [3.05, 3.63) is 65.1 Å². The van der Waals surface area contributed by atoms with E-state index in [1.165, 1.54) is 17.6 Å². The Balaban J connectivity index is 1.76. The maximum absolute atomic E-state index is 11.3. The van der Waals surface area contributed by atoms with E-state index in [1.807, 2.05) is 51.8 Å². The van der Waals surface area contributed by atoms with E-state index in [2.05, 4.69) is 26.4 Å². The smallest absolute Gasteiger partial charge is 0.188 e.